The molecule has 0 amide bonds. The summed E-state index contributed by atoms with van der Waals surface area (Å²) in [5.74, 6) is 2.18. The number of likely N-dealkylation sites (N-methyl/N-ethyl adjacent to an activating group) is 1. The van der Waals surface area contributed by atoms with E-state index in [1.54, 1.807) is 20.5 Å². The maximum Gasteiger partial charge on any atom is 0.162 e. The van der Waals surface area contributed by atoms with Crippen molar-refractivity contribution in [3.63, 3.8) is 0 Å². The lowest BCUT2D eigenvalue weighted by molar-refractivity contribution is 0.356. The van der Waals surface area contributed by atoms with Crippen LogP contribution in [0.25, 0.3) is 10.9 Å². The van der Waals surface area contributed by atoms with Crippen molar-refractivity contribution in [2.75, 3.05) is 32.7 Å². The molecule has 0 atom stereocenters. The number of methoxy groups -OCH3 is 2. The summed E-state index contributed by atoms with van der Waals surface area (Å²) in [6.45, 7) is 0.803. The smallest absolute Gasteiger partial charge is 0.162 e. The third kappa shape index (κ3) is 3.22. The van der Waals surface area contributed by atoms with Crippen molar-refractivity contribution in [1.29, 1.82) is 0 Å². The van der Waals surface area contributed by atoms with Gasteiger partial charge in [0, 0.05) is 43.4 Å². The number of hydrogen-bond donors (Lipinski definition) is 0. The molecule has 3 rings (SSSR count). The Morgan fingerprint density at radius 1 is 1.00 bits per heavy atom. The van der Waals surface area contributed by atoms with Crippen molar-refractivity contribution in [3.8, 4) is 11.5 Å². The van der Waals surface area contributed by atoms with Crippen molar-refractivity contribution in [2.24, 2.45) is 0 Å². The Morgan fingerprint density at radius 3 is 2.50 bits per heavy atom. The van der Waals surface area contributed by atoms with Gasteiger partial charge in [-0.25, -0.2) is 9.97 Å². The van der Waals surface area contributed by atoms with Gasteiger partial charge in [0.2, 0.25) is 0 Å². The summed E-state index contributed by atoms with van der Waals surface area (Å²) in [5.41, 5.74) is 1.88. The summed E-state index contributed by atoms with van der Waals surface area (Å²) in [4.78, 5) is 15.3. The van der Waals surface area contributed by atoms with Crippen LogP contribution >= 0.6 is 0 Å². The second-order valence-corrected chi connectivity index (χ2v) is 5.41. The zero-order valence-electron chi connectivity index (χ0n) is 14.1. The first-order valence-corrected chi connectivity index (χ1v) is 7.70. The minimum Gasteiger partial charge on any atom is -0.493 e. The fourth-order valence-electron chi connectivity index (χ4n) is 2.61. The van der Waals surface area contributed by atoms with Gasteiger partial charge in [-0.2, -0.15) is 0 Å². The summed E-state index contributed by atoms with van der Waals surface area (Å²) in [6.07, 6.45) is 4.23. The highest BCUT2D eigenvalue weighted by Crippen LogP contribution is 2.34. The first-order chi connectivity index (χ1) is 11.7. The molecular weight excluding hydrogens is 304 g/mol. The van der Waals surface area contributed by atoms with E-state index < -0.39 is 0 Å². The molecule has 124 valence electrons. The van der Waals surface area contributed by atoms with E-state index in [1.807, 2.05) is 43.6 Å². The molecule has 0 aliphatic heterocycles. The van der Waals surface area contributed by atoms with Crippen LogP contribution in [0.15, 0.2) is 42.9 Å². The predicted molar refractivity (Wildman–Crippen MR) is 93.9 cm³/mol. The van der Waals surface area contributed by atoms with E-state index in [0.29, 0.717) is 11.5 Å². The summed E-state index contributed by atoms with van der Waals surface area (Å²) < 4.78 is 10.7. The molecule has 6 heteroatoms. The molecule has 2 aromatic heterocycles. The minimum absolute atomic E-state index is 0.658. The van der Waals surface area contributed by atoms with Crippen LogP contribution < -0.4 is 14.4 Å². The van der Waals surface area contributed by atoms with Crippen LogP contribution in [0.2, 0.25) is 0 Å². The molecule has 0 N–H and O–H groups in total. The number of anilines is 1. The number of pyridine rings is 1. The molecule has 0 unspecified atom stereocenters. The molecule has 2 heterocycles. The SMILES string of the molecule is COc1cc2ncnc(N(C)CCc3ccccn3)c2cc1OC. The van der Waals surface area contributed by atoms with Crippen LogP contribution in [0.1, 0.15) is 5.69 Å². The average Bonchev–Trinajstić information content (AvgIpc) is 2.65. The summed E-state index contributed by atoms with van der Waals surface area (Å²) >= 11 is 0. The monoisotopic (exact) mass is 324 g/mol. The van der Waals surface area contributed by atoms with Crippen molar-refractivity contribution in [2.45, 2.75) is 6.42 Å². The Kier molecular flexibility index (Phi) is 4.74. The number of benzene rings is 1. The van der Waals surface area contributed by atoms with Gasteiger partial charge in [0.05, 0.1) is 19.7 Å². The molecule has 0 saturated heterocycles. The van der Waals surface area contributed by atoms with E-state index in [-0.39, 0.29) is 0 Å². The van der Waals surface area contributed by atoms with Crippen LogP contribution in [0.3, 0.4) is 0 Å². The minimum atomic E-state index is 0.658. The maximum absolute atomic E-state index is 5.40. The molecule has 3 aromatic rings. The number of nitrogens with zero attached hydrogens (tertiary/aromatic N) is 4. The van der Waals surface area contributed by atoms with Gasteiger partial charge < -0.3 is 14.4 Å². The highest BCUT2D eigenvalue weighted by Gasteiger charge is 2.13. The van der Waals surface area contributed by atoms with E-state index >= 15 is 0 Å². The van der Waals surface area contributed by atoms with Crippen molar-refractivity contribution in [3.05, 3.63) is 48.5 Å². The molecule has 6 nitrogen and oxygen atoms in total. The Labute approximate surface area is 141 Å². The predicted octanol–water partition coefficient (Wildman–Crippen LogP) is 2.72. The normalized spacial score (nSPS) is 10.6. The van der Waals surface area contributed by atoms with Gasteiger partial charge in [-0.1, -0.05) is 6.07 Å². The first kappa shape index (κ1) is 16.0. The van der Waals surface area contributed by atoms with Gasteiger partial charge in [0.1, 0.15) is 12.1 Å². The zero-order valence-corrected chi connectivity index (χ0v) is 14.1. The van der Waals surface area contributed by atoms with Crippen molar-refractivity contribution < 1.29 is 9.47 Å². The first-order valence-electron chi connectivity index (χ1n) is 7.70. The molecule has 0 radical (unpaired) electrons. The second kappa shape index (κ2) is 7.12. The average molecular weight is 324 g/mol. The van der Waals surface area contributed by atoms with E-state index in [1.165, 1.54) is 0 Å². The highest BCUT2D eigenvalue weighted by molar-refractivity contribution is 5.91. The standard InChI is InChI=1S/C18H20N4O2/c1-22(9-7-13-6-4-5-8-19-13)18-14-10-16(23-2)17(24-3)11-15(14)20-12-21-18/h4-6,8,10-12H,7,9H2,1-3H3. The second-order valence-electron chi connectivity index (χ2n) is 5.41. The lowest BCUT2D eigenvalue weighted by Crippen LogP contribution is -2.22. The fourth-order valence-corrected chi connectivity index (χ4v) is 2.61. The maximum atomic E-state index is 5.40. The molecular formula is C18H20N4O2. The topological polar surface area (TPSA) is 60.4 Å². The Balaban J connectivity index is 1.90. The molecule has 0 spiro atoms. The van der Waals surface area contributed by atoms with Crippen LogP contribution in [0, 0.1) is 0 Å². The third-order valence-electron chi connectivity index (χ3n) is 3.91. The molecule has 0 aliphatic rings. The summed E-state index contributed by atoms with van der Waals surface area (Å²) in [6, 6.07) is 9.73. The molecule has 24 heavy (non-hydrogen) atoms. The zero-order chi connectivity index (χ0) is 16.9. The van der Waals surface area contributed by atoms with E-state index in [2.05, 4.69) is 19.9 Å². The fraction of sp³-hybridized carbons (Fsp3) is 0.278. The quantitative estimate of drug-likeness (QED) is 0.695. The van der Waals surface area contributed by atoms with Gasteiger partial charge in [-0.15, -0.1) is 0 Å². The molecule has 0 fully saturated rings. The lowest BCUT2D eigenvalue weighted by atomic mass is 10.2. The van der Waals surface area contributed by atoms with Crippen LogP contribution in [-0.4, -0.2) is 42.8 Å². The lowest BCUT2D eigenvalue weighted by Gasteiger charge is -2.20. The van der Waals surface area contributed by atoms with E-state index in [0.717, 1.165) is 35.4 Å². The number of hydrogen-bond acceptors (Lipinski definition) is 6. The van der Waals surface area contributed by atoms with Crippen molar-refractivity contribution in [1.82, 2.24) is 15.0 Å². The van der Waals surface area contributed by atoms with Crippen LogP contribution in [-0.2, 0) is 6.42 Å². The Morgan fingerprint density at radius 2 is 1.79 bits per heavy atom. The van der Waals surface area contributed by atoms with Gasteiger partial charge >= 0.3 is 0 Å². The van der Waals surface area contributed by atoms with Gasteiger partial charge in [0.15, 0.2) is 11.5 Å². The molecule has 1 aromatic carbocycles. The number of ether oxygens (including phenoxy) is 2. The number of fused-ring (bicyclic) bond motifs is 1. The Hall–Kier alpha value is -2.89. The highest BCUT2D eigenvalue weighted by atomic mass is 16.5. The number of aromatic nitrogens is 3. The molecule has 0 aliphatic carbocycles. The molecule has 0 bridgehead atoms. The largest absolute Gasteiger partial charge is 0.493 e. The Bertz CT molecular complexity index is 824. The number of rotatable bonds is 6. The molecule has 0 saturated carbocycles. The van der Waals surface area contributed by atoms with E-state index in [9.17, 15) is 0 Å². The summed E-state index contributed by atoms with van der Waals surface area (Å²) in [7, 11) is 5.25. The summed E-state index contributed by atoms with van der Waals surface area (Å²) in [5, 5.41) is 0.929. The van der Waals surface area contributed by atoms with Crippen molar-refractivity contribution >= 4 is 16.7 Å². The third-order valence-corrected chi connectivity index (χ3v) is 3.91. The van der Waals surface area contributed by atoms with Crippen LogP contribution in [0.4, 0.5) is 5.82 Å². The van der Waals surface area contributed by atoms with Gasteiger partial charge in [0.25, 0.3) is 0 Å². The van der Waals surface area contributed by atoms with E-state index in [4.69, 9.17) is 9.47 Å². The van der Waals surface area contributed by atoms with Gasteiger partial charge in [-0.05, 0) is 18.2 Å². The van der Waals surface area contributed by atoms with Crippen LogP contribution in [0.5, 0.6) is 11.5 Å². The van der Waals surface area contributed by atoms with Gasteiger partial charge in [-0.3, -0.25) is 4.98 Å².